The average molecular weight is 273 g/mol. The van der Waals surface area contributed by atoms with E-state index in [1.807, 2.05) is 13.8 Å². The zero-order valence-corrected chi connectivity index (χ0v) is 11.3. The summed E-state index contributed by atoms with van der Waals surface area (Å²) in [6.07, 6.45) is -1.41. The zero-order chi connectivity index (χ0) is 14.7. The average Bonchev–Trinajstić information content (AvgIpc) is 2.37. The molecule has 0 radical (unpaired) electrons. The number of carbonyl (C=O) groups excluding carboxylic acids is 1. The smallest absolute Gasteiger partial charge is 0.294 e. The van der Waals surface area contributed by atoms with Crippen molar-refractivity contribution in [1.82, 2.24) is 4.98 Å². The van der Waals surface area contributed by atoms with Gasteiger partial charge in [-0.15, -0.1) is 0 Å². The zero-order valence-electron chi connectivity index (χ0n) is 11.3. The molecule has 1 aromatic heterocycles. The lowest BCUT2D eigenvalue weighted by Gasteiger charge is -2.26. The van der Waals surface area contributed by atoms with Gasteiger partial charge >= 0.3 is 6.18 Å². The van der Waals surface area contributed by atoms with Crippen LogP contribution in [0.1, 0.15) is 56.1 Å². The number of aromatic nitrogens is 1. The van der Waals surface area contributed by atoms with E-state index in [0.29, 0.717) is 12.8 Å². The molecule has 106 valence electrons. The fourth-order valence-electron chi connectivity index (χ4n) is 2.08. The first-order valence-corrected chi connectivity index (χ1v) is 6.32. The summed E-state index contributed by atoms with van der Waals surface area (Å²) in [5.74, 6) is -0.246. The van der Waals surface area contributed by atoms with Gasteiger partial charge in [-0.3, -0.25) is 9.78 Å². The van der Waals surface area contributed by atoms with E-state index in [4.69, 9.17) is 0 Å². The van der Waals surface area contributed by atoms with E-state index in [-0.39, 0.29) is 11.3 Å². The number of alkyl halides is 3. The highest BCUT2D eigenvalue weighted by Gasteiger charge is 2.35. The minimum Gasteiger partial charge on any atom is -0.294 e. The summed E-state index contributed by atoms with van der Waals surface area (Å²) in [5.41, 5.74) is -1.55. The summed E-state index contributed by atoms with van der Waals surface area (Å²) in [5, 5.41) is 0. The standard InChI is InChI=1S/C14H18F3NO/c1-4-7-13(3,5-2)12(19)10-6-8-18-11(9-10)14(15,16)17/h6,8-9H,4-5,7H2,1-3H3. The van der Waals surface area contributed by atoms with Crippen LogP contribution < -0.4 is 0 Å². The van der Waals surface area contributed by atoms with E-state index in [2.05, 4.69) is 4.98 Å². The molecule has 0 N–H and O–H groups in total. The highest BCUT2D eigenvalue weighted by atomic mass is 19.4. The molecule has 0 saturated carbocycles. The summed E-state index contributed by atoms with van der Waals surface area (Å²) in [6, 6.07) is 2.19. The van der Waals surface area contributed by atoms with Crippen molar-refractivity contribution >= 4 is 5.78 Å². The fourth-order valence-corrected chi connectivity index (χ4v) is 2.08. The van der Waals surface area contributed by atoms with E-state index in [1.165, 1.54) is 6.07 Å². The maximum Gasteiger partial charge on any atom is 0.433 e. The van der Waals surface area contributed by atoms with Crippen LogP contribution in [0.15, 0.2) is 18.3 Å². The van der Waals surface area contributed by atoms with Gasteiger partial charge < -0.3 is 0 Å². The SMILES string of the molecule is CCCC(C)(CC)C(=O)c1ccnc(C(F)(F)F)c1. The highest BCUT2D eigenvalue weighted by molar-refractivity contribution is 6.00. The molecule has 0 fully saturated rings. The largest absolute Gasteiger partial charge is 0.433 e. The number of rotatable bonds is 5. The summed E-state index contributed by atoms with van der Waals surface area (Å²) in [4.78, 5) is 15.6. The van der Waals surface area contributed by atoms with Crippen LogP contribution in [0.5, 0.6) is 0 Å². The predicted molar refractivity (Wildman–Crippen MR) is 66.9 cm³/mol. The molecule has 1 unspecified atom stereocenters. The molecule has 0 bridgehead atoms. The highest BCUT2D eigenvalue weighted by Crippen LogP contribution is 2.33. The molecule has 0 aliphatic carbocycles. The van der Waals surface area contributed by atoms with Gasteiger partial charge in [-0.25, -0.2) is 0 Å². The second-order valence-corrected chi connectivity index (χ2v) is 4.92. The maximum atomic E-state index is 12.6. The molecule has 0 aromatic carbocycles. The molecule has 0 spiro atoms. The second-order valence-electron chi connectivity index (χ2n) is 4.92. The van der Waals surface area contributed by atoms with E-state index in [1.54, 1.807) is 6.92 Å². The quantitative estimate of drug-likeness (QED) is 0.739. The van der Waals surface area contributed by atoms with Crippen molar-refractivity contribution in [2.45, 2.75) is 46.2 Å². The molecule has 19 heavy (non-hydrogen) atoms. The van der Waals surface area contributed by atoms with Gasteiger partial charge in [0.1, 0.15) is 5.69 Å². The minimum atomic E-state index is -4.52. The van der Waals surface area contributed by atoms with Crippen molar-refractivity contribution in [3.8, 4) is 0 Å². The van der Waals surface area contributed by atoms with Gasteiger partial charge in [0, 0.05) is 17.2 Å². The molecule has 1 aromatic rings. The Morgan fingerprint density at radius 1 is 1.32 bits per heavy atom. The third kappa shape index (κ3) is 3.55. The summed E-state index contributed by atoms with van der Waals surface area (Å²) >= 11 is 0. The molecule has 1 heterocycles. The number of carbonyl (C=O) groups is 1. The van der Waals surface area contributed by atoms with Gasteiger partial charge in [0.25, 0.3) is 0 Å². The number of hydrogen-bond donors (Lipinski definition) is 0. The van der Waals surface area contributed by atoms with Crippen molar-refractivity contribution in [1.29, 1.82) is 0 Å². The second kappa shape index (κ2) is 5.72. The Bertz CT molecular complexity index is 456. The molecule has 0 amide bonds. The first-order valence-electron chi connectivity index (χ1n) is 6.32. The van der Waals surface area contributed by atoms with E-state index >= 15 is 0 Å². The van der Waals surface area contributed by atoms with Crippen molar-refractivity contribution in [3.63, 3.8) is 0 Å². The molecule has 1 atom stereocenters. The van der Waals surface area contributed by atoms with Gasteiger partial charge in [-0.2, -0.15) is 13.2 Å². The van der Waals surface area contributed by atoms with Crippen LogP contribution in [0.4, 0.5) is 13.2 Å². The maximum absolute atomic E-state index is 12.6. The van der Waals surface area contributed by atoms with Crippen molar-refractivity contribution in [3.05, 3.63) is 29.6 Å². The lowest BCUT2D eigenvalue weighted by molar-refractivity contribution is -0.141. The van der Waals surface area contributed by atoms with Crippen molar-refractivity contribution < 1.29 is 18.0 Å². The van der Waals surface area contributed by atoms with Crippen LogP contribution in [0.2, 0.25) is 0 Å². The van der Waals surface area contributed by atoms with Crippen molar-refractivity contribution in [2.75, 3.05) is 0 Å². The lowest BCUT2D eigenvalue weighted by atomic mass is 9.76. The van der Waals surface area contributed by atoms with Gasteiger partial charge in [0.15, 0.2) is 5.78 Å². The van der Waals surface area contributed by atoms with E-state index in [0.717, 1.165) is 18.7 Å². The Morgan fingerprint density at radius 3 is 2.42 bits per heavy atom. The molecule has 0 saturated heterocycles. The number of pyridine rings is 1. The molecule has 0 aliphatic heterocycles. The Kier molecular flexibility index (Phi) is 4.71. The number of Topliss-reactive ketones (excluding diaryl/α,β-unsaturated/α-hetero) is 1. The van der Waals surface area contributed by atoms with Crippen LogP contribution in [0.25, 0.3) is 0 Å². The number of nitrogens with zero attached hydrogens (tertiary/aromatic N) is 1. The minimum absolute atomic E-state index is 0.0834. The van der Waals surface area contributed by atoms with Crippen LogP contribution in [0.3, 0.4) is 0 Å². The topological polar surface area (TPSA) is 30.0 Å². The third-order valence-corrected chi connectivity index (χ3v) is 3.44. The normalized spacial score (nSPS) is 15.1. The van der Waals surface area contributed by atoms with Gasteiger partial charge in [-0.1, -0.05) is 27.2 Å². The van der Waals surface area contributed by atoms with Gasteiger partial charge in [0.2, 0.25) is 0 Å². The van der Waals surface area contributed by atoms with Crippen LogP contribution in [-0.4, -0.2) is 10.8 Å². The molecule has 1 rings (SSSR count). The van der Waals surface area contributed by atoms with Crippen LogP contribution >= 0.6 is 0 Å². The molecule has 5 heteroatoms. The third-order valence-electron chi connectivity index (χ3n) is 3.44. The monoisotopic (exact) mass is 273 g/mol. The molecular formula is C14H18F3NO. The molecule has 2 nitrogen and oxygen atoms in total. The Hall–Kier alpha value is -1.39. The Labute approximate surface area is 111 Å². The van der Waals surface area contributed by atoms with Crippen LogP contribution in [0, 0.1) is 5.41 Å². The van der Waals surface area contributed by atoms with Gasteiger partial charge in [-0.05, 0) is 25.0 Å². The fraction of sp³-hybridized carbons (Fsp3) is 0.571. The van der Waals surface area contributed by atoms with E-state index < -0.39 is 17.3 Å². The number of hydrogen-bond acceptors (Lipinski definition) is 2. The first kappa shape index (κ1) is 15.7. The number of ketones is 1. The lowest BCUT2D eigenvalue weighted by Crippen LogP contribution is -2.27. The van der Waals surface area contributed by atoms with E-state index in [9.17, 15) is 18.0 Å². The van der Waals surface area contributed by atoms with Crippen molar-refractivity contribution in [2.24, 2.45) is 5.41 Å². The Morgan fingerprint density at radius 2 is 1.95 bits per heavy atom. The Balaban J connectivity index is 3.13. The number of halogens is 3. The predicted octanol–water partition coefficient (Wildman–Crippen LogP) is 4.50. The molecular weight excluding hydrogens is 255 g/mol. The summed E-state index contributed by atoms with van der Waals surface area (Å²) in [7, 11) is 0. The first-order chi connectivity index (χ1) is 8.74. The molecule has 0 aliphatic rings. The summed E-state index contributed by atoms with van der Waals surface area (Å²) in [6.45, 7) is 5.63. The van der Waals surface area contributed by atoms with Crippen LogP contribution in [-0.2, 0) is 6.18 Å². The van der Waals surface area contributed by atoms with Gasteiger partial charge in [0.05, 0.1) is 0 Å². The summed E-state index contributed by atoms with van der Waals surface area (Å²) < 4.78 is 37.8.